The van der Waals surface area contributed by atoms with Gasteiger partial charge in [0.25, 0.3) is 17.7 Å². The zero-order valence-corrected chi connectivity index (χ0v) is 20.1. The monoisotopic (exact) mass is 481 g/mol. The number of ether oxygens (including phenoxy) is 1. The topological polar surface area (TPSA) is 84.7 Å². The molecule has 2 aromatic rings. The Labute approximate surface area is 204 Å². The van der Waals surface area contributed by atoms with Crippen LogP contribution in [-0.4, -0.2) is 47.6 Å². The highest BCUT2D eigenvalue weighted by Gasteiger charge is 2.54. The zero-order chi connectivity index (χ0) is 23.1. The second-order valence-corrected chi connectivity index (χ2v) is 11.4. The first-order chi connectivity index (χ1) is 16.7. The molecule has 2 heterocycles. The molecule has 2 amide bonds. The van der Waals surface area contributed by atoms with Crippen LogP contribution in [0.5, 0.6) is 5.88 Å². The first-order valence-corrected chi connectivity index (χ1v) is 13.4. The van der Waals surface area contributed by atoms with Gasteiger partial charge in [-0.1, -0.05) is 30.0 Å². The number of rotatable bonds is 7. The van der Waals surface area contributed by atoms with Crippen LogP contribution in [0.15, 0.2) is 44.6 Å². The van der Waals surface area contributed by atoms with Crippen LogP contribution in [0.1, 0.15) is 55.5 Å². The van der Waals surface area contributed by atoms with Gasteiger partial charge in [-0.05, 0) is 85.9 Å². The lowest BCUT2D eigenvalue weighted by Gasteiger charge is -2.32. The summed E-state index contributed by atoms with van der Waals surface area (Å²) in [5, 5.41) is 7.36. The average molecular weight is 482 g/mol. The van der Waals surface area contributed by atoms with Crippen molar-refractivity contribution in [1.82, 2.24) is 15.4 Å². The summed E-state index contributed by atoms with van der Waals surface area (Å²) in [5.41, 5.74) is 0. The van der Waals surface area contributed by atoms with E-state index in [9.17, 15) is 9.59 Å². The summed E-state index contributed by atoms with van der Waals surface area (Å²) in [6.45, 7) is 1.43. The second-order valence-electron chi connectivity index (χ2n) is 10.3. The Morgan fingerprint density at radius 2 is 1.85 bits per heavy atom. The molecule has 0 spiro atoms. The van der Waals surface area contributed by atoms with Gasteiger partial charge < -0.3 is 19.5 Å². The number of carbonyl (C=O) groups excluding carboxylic acids is 2. The van der Waals surface area contributed by atoms with Crippen LogP contribution in [0.25, 0.3) is 0 Å². The highest BCUT2D eigenvalue weighted by atomic mass is 32.2. The molecule has 8 heteroatoms. The number of nitrogens with one attached hydrogen (secondary N) is 1. The smallest absolute Gasteiger partial charge is 0.291 e. The van der Waals surface area contributed by atoms with E-state index < -0.39 is 0 Å². The van der Waals surface area contributed by atoms with E-state index in [1.165, 1.54) is 37.4 Å². The maximum Gasteiger partial charge on any atom is 0.291 e. The van der Waals surface area contributed by atoms with Gasteiger partial charge >= 0.3 is 0 Å². The number of amides is 2. The largest absolute Gasteiger partial charge is 0.465 e. The molecule has 0 radical (unpaired) electrons. The molecule has 1 aromatic heterocycles. The molecule has 4 saturated carbocycles. The van der Waals surface area contributed by atoms with Crippen LogP contribution in [0.2, 0.25) is 0 Å². The number of aromatic nitrogens is 1. The molecule has 5 aliphatic rings. The van der Waals surface area contributed by atoms with Crippen LogP contribution >= 0.6 is 11.8 Å². The van der Waals surface area contributed by atoms with Gasteiger partial charge in [-0.15, -0.1) is 0 Å². The summed E-state index contributed by atoms with van der Waals surface area (Å²) in [6, 6.07) is 10.0. The van der Waals surface area contributed by atoms with E-state index in [0.29, 0.717) is 16.7 Å². The van der Waals surface area contributed by atoms with E-state index in [2.05, 4.69) is 10.5 Å². The van der Waals surface area contributed by atoms with Crippen molar-refractivity contribution in [3.05, 3.63) is 36.1 Å². The summed E-state index contributed by atoms with van der Waals surface area (Å²) in [5.74, 6) is 2.89. The third-order valence-electron chi connectivity index (χ3n) is 8.19. The van der Waals surface area contributed by atoms with Crippen LogP contribution in [-0.2, 0) is 4.79 Å². The van der Waals surface area contributed by atoms with Gasteiger partial charge in [-0.25, -0.2) is 0 Å². The Balaban J connectivity index is 1.19. The summed E-state index contributed by atoms with van der Waals surface area (Å²) in [6.07, 6.45) is 8.25. The minimum Gasteiger partial charge on any atom is -0.465 e. The predicted molar refractivity (Wildman–Crippen MR) is 127 cm³/mol. The first-order valence-electron chi connectivity index (χ1n) is 12.6. The van der Waals surface area contributed by atoms with Crippen molar-refractivity contribution in [2.75, 3.05) is 19.7 Å². The fourth-order valence-electron chi connectivity index (χ4n) is 6.74. The Hall–Kier alpha value is -2.48. The lowest BCUT2D eigenvalue weighted by Crippen LogP contribution is -2.44. The first kappa shape index (κ1) is 22.0. The molecule has 7 nitrogen and oxygen atoms in total. The maximum absolute atomic E-state index is 13.4. The average Bonchev–Trinajstić information content (AvgIpc) is 3.47. The molecule has 5 atom stereocenters. The summed E-state index contributed by atoms with van der Waals surface area (Å²) in [7, 11) is 0. The number of carbonyl (C=O) groups is 2. The highest BCUT2D eigenvalue weighted by molar-refractivity contribution is 7.99. The number of benzene rings is 1. The lowest BCUT2D eigenvalue weighted by molar-refractivity contribution is -0.134. The summed E-state index contributed by atoms with van der Waals surface area (Å²) < 4.78 is 11.4. The predicted octanol–water partition coefficient (Wildman–Crippen LogP) is 4.38. The van der Waals surface area contributed by atoms with Gasteiger partial charge in [0.2, 0.25) is 5.76 Å². The molecule has 34 heavy (non-hydrogen) atoms. The van der Waals surface area contributed by atoms with Gasteiger partial charge in [0, 0.05) is 24.0 Å². The Bertz CT molecular complexity index is 1050. The van der Waals surface area contributed by atoms with Crippen LogP contribution in [0, 0.1) is 23.7 Å². The minimum atomic E-state index is -0.232. The standard InChI is InChI=1S/C26H31N3O4S/c30-21(29-9-5-2-6-10-29)15-32-26-24(34-19-7-3-1-4-8-19)23(33-28-26)25(31)27-22-18-12-16-11-17(14-18)20(22)13-16/h1,3-4,7-8,16-18,20,22H,2,5-6,9-15H2,(H,27,31). The fraction of sp³-hybridized carbons (Fsp3) is 0.577. The van der Waals surface area contributed by atoms with Crippen molar-refractivity contribution in [3.63, 3.8) is 0 Å². The van der Waals surface area contributed by atoms with E-state index in [1.807, 2.05) is 35.2 Å². The van der Waals surface area contributed by atoms with E-state index in [-0.39, 0.29) is 36.1 Å². The number of piperidine rings is 1. The van der Waals surface area contributed by atoms with Crippen molar-refractivity contribution < 1.29 is 18.8 Å². The highest BCUT2D eigenvalue weighted by Crippen LogP contribution is 2.58. The minimum absolute atomic E-state index is 0.0536. The maximum atomic E-state index is 13.4. The quantitative estimate of drug-likeness (QED) is 0.632. The molecular formula is C26H31N3O4S. The summed E-state index contributed by atoms with van der Waals surface area (Å²) >= 11 is 1.38. The molecular weight excluding hydrogens is 450 g/mol. The molecule has 1 aliphatic heterocycles. The fourth-order valence-corrected chi connectivity index (χ4v) is 7.68. The van der Waals surface area contributed by atoms with Crippen LogP contribution < -0.4 is 10.1 Å². The number of hydrogen-bond acceptors (Lipinski definition) is 6. The number of hydrogen-bond donors (Lipinski definition) is 1. The normalized spacial score (nSPS) is 29.4. The van der Waals surface area contributed by atoms with E-state index >= 15 is 0 Å². The van der Waals surface area contributed by atoms with Gasteiger partial charge in [0.15, 0.2) is 6.61 Å². The third-order valence-corrected chi connectivity index (χ3v) is 9.26. The third kappa shape index (κ3) is 4.21. The Kier molecular flexibility index (Phi) is 6.01. The van der Waals surface area contributed by atoms with Crippen molar-refractivity contribution in [3.8, 4) is 5.88 Å². The number of nitrogens with zero attached hydrogens (tertiary/aromatic N) is 2. The van der Waals surface area contributed by atoms with Gasteiger partial charge in [0.05, 0.1) is 0 Å². The Morgan fingerprint density at radius 3 is 2.65 bits per heavy atom. The van der Waals surface area contributed by atoms with Crippen molar-refractivity contribution in [2.45, 2.75) is 60.8 Å². The van der Waals surface area contributed by atoms with E-state index in [0.717, 1.165) is 49.1 Å². The van der Waals surface area contributed by atoms with Crippen LogP contribution in [0.3, 0.4) is 0 Å². The Morgan fingerprint density at radius 1 is 1.06 bits per heavy atom. The molecule has 1 N–H and O–H groups in total. The van der Waals surface area contributed by atoms with Crippen LogP contribution in [0.4, 0.5) is 0 Å². The molecule has 1 aromatic carbocycles. The van der Waals surface area contributed by atoms with E-state index in [1.54, 1.807) is 0 Å². The van der Waals surface area contributed by atoms with Gasteiger partial charge in [0.1, 0.15) is 4.90 Å². The molecule has 4 bridgehead atoms. The van der Waals surface area contributed by atoms with Gasteiger partial charge in [-0.2, -0.15) is 0 Å². The SMILES string of the molecule is O=C(NC1C2CC3CC(C2)C1C3)c1onc(OCC(=O)N2CCCCC2)c1Sc1ccccc1. The molecule has 7 rings (SSSR count). The number of likely N-dealkylation sites (tertiary alicyclic amines) is 1. The van der Waals surface area contributed by atoms with Crippen molar-refractivity contribution in [1.29, 1.82) is 0 Å². The second kappa shape index (κ2) is 9.29. The van der Waals surface area contributed by atoms with Crippen molar-refractivity contribution >= 4 is 23.6 Å². The summed E-state index contributed by atoms with van der Waals surface area (Å²) in [4.78, 5) is 29.3. The molecule has 5 fully saturated rings. The molecule has 5 unspecified atom stereocenters. The lowest BCUT2D eigenvalue weighted by atomic mass is 9.79. The molecule has 1 saturated heterocycles. The molecule has 180 valence electrons. The zero-order valence-electron chi connectivity index (χ0n) is 19.3. The van der Waals surface area contributed by atoms with E-state index in [4.69, 9.17) is 9.26 Å². The van der Waals surface area contributed by atoms with Crippen molar-refractivity contribution in [2.24, 2.45) is 23.7 Å². The van der Waals surface area contributed by atoms with Gasteiger partial charge in [-0.3, -0.25) is 9.59 Å². The molecule has 4 aliphatic carbocycles.